The standard InChI is InChI=1S/C11H11FN4O4/c12-6-1-2-9(16(19)20)7(3-6)15-11(18)8-4-14-10(17)5-13-8/h1-3,8,13H,4-5H2,(H,14,17)(H,15,18). The van der Waals surface area contributed by atoms with Crippen molar-refractivity contribution in [2.45, 2.75) is 6.04 Å². The van der Waals surface area contributed by atoms with Crippen molar-refractivity contribution in [1.82, 2.24) is 10.6 Å². The van der Waals surface area contributed by atoms with Crippen molar-refractivity contribution in [1.29, 1.82) is 0 Å². The number of nitrogens with zero attached hydrogens (tertiary/aromatic N) is 1. The molecule has 9 heteroatoms. The summed E-state index contributed by atoms with van der Waals surface area (Å²) >= 11 is 0. The van der Waals surface area contributed by atoms with Crippen molar-refractivity contribution in [3.63, 3.8) is 0 Å². The van der Waals surface area contributed by atoms with Crippen LogP contribution in [-0.2, 0) is 9.59 Å². The first-order chi connectivity index (χ1) is 9.47. The van der Waals surface area contributed by atoms with E-state index in [2.05, 4.69) is 16.0 Å². The minimum Gasteiger partial charge on any atom is -0.353 e. The number of halogens is 1. The summed E-state index contributed by atoms with van der Waals surface area (Å²) in [5, 5.41) is 18.2. The van der Waals surface area contributed by atoms with E-state index in [1.807, 2.05) is 0 Å². The number of amides is 2. The highest BCUT2D eigenvalue weighted by molar-refractivity contribution is 5.98. The average molecular weight is 282 g/mol. The second kappa shape index (κ2) is 5.61. The Morgan fingerprint density at radius 3 is 2.85 bits per heavy atom. The lowest BCUT2D eigenvalue weighted by molar-refractivity contribution is -0.384. The molecule has 1 unspecified atom stereocenters. The maximum Gasteiger partial charge on any atom is 0.292 e. The zero-order chi connectivity index (χ0) is 14.7. The van der Waals surface area contributed by atoms with Gasteiger partial charge in [0.2, 0.25) is 11.8 Å². The zero-order valence-corrected chi connectivity index (χ0v) is 10.2. The van der Waals surface area contributed by atoms with Crippen LogP contribution in [0.1, 0.15) is 0 Å². The SMILES string of the molecule is O=C1CNC(C(=O)Nc2cc(F)ccc2[N+](=O)[O-])CN1. The molecule has 0 saturated carbocycles. The molecule has 20 heavy (non-hydrogen) atoms. The molecule has 1 atom stereocenters. The van der Waals surface area contributed by atoms with Gasteiger partial charge in [-0.3, -0.25) is 25.0 Å². The van der Waals surface area contributed by atoms with E-state index in [1.165, 1.54) is 0 Å². The van der Waals surface area contributed by atoms with Crippen LogP contribution in [0.15, 0.2) is 18.2 Å². The van der Waals surface area contributed by atoms with Gasteiger partial charge in [0.1, 0.15) is 17.5 Å². The number of piperazine rings is 1. The second-order valence-corrected chi connectivity index (χ2v) is 4.15. The summed E-state index contributed by atoms with van der Waals surface area (Å²) in [4.78, 5) is 32.9. The molecule has 1 fully saturated rings. The van der Waals surface area contributed by atoms with Crippen LogP contribution in [0.2, 0.25) is 0 Å². The summed E-state index contributed by atoms with van der Waals surface area (Å²) in [7, 11) is 0. The molecule has 2 amide bonds. The molecule has 1 aromatic carbocycles. The quantitative estimate of drug-likeness (QED) is 0.523. The Bertz CT molecular complexity index is 568. The van der Waals surface area contributed by atoms with Gasteiger partial charge in [-0.05, 0) is 6.07 Å². The van der Waals surface area contributed by atoms with Crippen LogP contribution in [0.4, 0.5) is 15.8 Å². The number of anilines is 1. The van der Waals surface area contributed by atoms with Crippen molar-refractivity contribution >= 4 is 23.2 Å². The monoisotopic (exact) mass is 282 g/mol. The number of carbonyl (C=O) groups excluding carboxylic acids is 2. The van der Waals surface area contributed by atoms with E-state index >= 15 is 0 Å². The van der Waals surface area contributed by atoms with Crippen molar-refractivity contribution in [2.24, 2.45) is 0 Å². The molecule has 1 aromatic rings. The van der Waals surface area contributed by atoms with Gasteiger partial charge in [0.15, 0.2) is 0 Å². The number of nitrogens with one attached hydrogen (secondary N) is 3. The maximum atomic E-state index is 13.1. The number of hydrogen-bond donors (Lipinski definition) is 3. The normalized spacial score (nSPS) is 18.2. The first-order valence-corrected chi connectivity index (χ1v) is 5.72. The molecule has 8 nitrogen and oxygen atoms in total. The van der Waals surface area contributed by atoms with Gasteiger partial charge < -0.3 is 10.6 Å². The first-order valence-electron chi connectivity index (χ1n) is 5.72. The second-order valence-electron chi connectivity index (χ2n) is 4.15. The number of benzene rings is 1. The van der Waals surface area contributed by atoms with Gasteiger partial charge in [0.05, 0.1) is 11.5 Å². The Kier molecular flexibility index (Phi) is 3.89. The topological polar surface area (TPSA) is 113 Å². The highest BCUT2D eigenvalue weighted by Crippen LogP contribution is 2.25. The van der Waals surface area contributed by atoms with Gasteiger partial charge >= 0.3 is 0 Å². The number of hydrogen-bond acceptors (Lipinski definition) is 5. The predicted molar refractivity (Wildman–Crippen MR) is 66.5 cm³/mol. The third kappa shape index (κ3) is 3.06. The number of nitro benzene ring substituents is 1. The fourth-order valence-corrected chi connectivity index (χ4v) is 1.74. The molecule has 0 aliphatic carbocycles. The molecule has 1 aliphatic heterocycles. The van der Waals surface area contributed by atoms with Gasteiger partial charge in [-0.15, -0.1) is 0 Å². The molecule has 0 bridgehead atoms. The summed E-state index contributed by atoms with van der Waals surface area (Å²) in [5.41, 5.74) is -0.627. The molecular weight excluding hydrogens is 271 g/mol. The lowest BCUT2D eigenvalue weighted by atomic mass is 10.2. The lowest BCUT2D eigenvalue weighted by Gasteiger charge is -2.23. The highest BCUT2D eigenvalue weighted by atomic mass is 19.1. The van der Waals surface area contributed by atoms with E-state index in [0.717, 1.165) is 18.2 Å². The minimum atomic E-state index is -0.726. The number of nitro groups is 1. The largest absolute Gasteiger partial charge is 0.353 e. The third-order valence-corrected chi connectivity index (χ3v) is 2.74. The van der Waals surface area contributed by atoms with Crippen LogP contribution in [0, 0.1) is 15.9 Å². The molecule has 0 spiro atoms. The highest BCUT2D eigenvalue weighted by Gasteiger charge is 2.25. The molecule has 3 N–H and O–H groups in total. The van der Waals surface area contributed by atoms with E-state index < -0.39 is 28.4 Å². The Balaban J connectivity index is 2.13. The van der Waals surface area contributed by atoms with Crippen LogP contribution in [0.3, 0.4) is 0 Å². The summed E-state index contributed by atoms with van der Waals surface area (Å²) in [6, 6.07) is 2.06. The van der Waals surface area contributed by atoms with Crippen LogP contribution in [0.5, 0.6) is 0 Å². The van der Waals surface area contributed by atoms with Crippen LogP contribution >= 0.6 is 0 Å². The Hall–Kier alpha value is -2.55. The molecule has 1 saturated heterocycles. The van der Waals surface area contributed by atoms with Gasteiger partial charge in [-0.2, -0.15) is 0 Å². The molecule has 0 radical (unpaired) electrons. The Morgan fingerprint density at radius 2 is 2.25 bits per heavy atom. The summed E-state index contributed by atoms with van der Waals surface area (Å²) < 4.78 is 13.1. The molecule has 0 aromatic heterocycles. The fourth-order valence-electron chi connectivity index (χ4n) is 1.74. The van der Waals surface area contributed by atoms with E-state index in [1.54, 1.807) is 0 Å². The molecule has 106 valence electrons. The Morgan fingerprint density at radius 1 is 1.50 bits per heavy atom. The Labute approximate surface area is 112 Å². The predicted octanol–water partition coefficient (Wildman–Crippen LogP) is -0.240. The number of carbonyl (C=O) groups is 2. The van der Waals surface area contributed by atoms with Gasteiger partial charge in [-0.25, -0.2) is 4.39 Å². The smallest absolute Gasteiger partial charge is 0.292 e. The lowest BCUT2D eigenvalue weighted by Crippen LogP contribution is -2.56. The van der Waals surface area contributed by atoms with Crippen molar-refractivity contribution in [3.8, 4) is 0 Å². The van der Waals surface area contributed by atoms with E-state index in [0.29, 0.717) is 0 Å². The summed E-state index contributed by atoms with van der Waals surface area (Å²) in [5.74, 6) is -1.53. The van der Waals surface area contributed by atoms with Gasteiger partial charge in [0, 0.05) is 18.7 Å². The minimum absolute atomic E-state index is 0.0245. The third-order valence-electron chi connectivity index (χ3n) is 2.74. The average Bonchev–Trinajstić information content (AvgIpc) is 2.39. The van der Waals surface area contributed by atoms with Crippen LogP contribution < -0.4 is 16.0 Å². The first kappa shape index (κ1) is 13.9. The molecule has 1 aliphatic rings. The maximum absolute atomic E-state index is 13.1. The van der Waals surface area contributed by atoms with E-state index in [4.69, 9.17) is 0 Å². The van der Waals surface area contributed by atoms with Crippen LogP contribution in [0.25, 0.3) is 0 Å². The van der Waals surface area contributed by atoms with E-state index in [-0.39, 0.29) is 24.7 Å². The molecule has 1 heterocycles. The molecule has 2 rings (SSSR count). The van der Waals surface area contributed by atoms with Crippen molar-refractivity contribution in [2.75, 3.05) is 18.4 Å². The fraction of sp³-hybridized carbons (Fsp3) is 0.273. The van der Waals surface area contributed by atoms with E-state index in [9.17, 15) is 24.1 Å². The van der Waals surface area contributed by atoms with Crippen molar-refractivity contribution in [3.05, 3.63) is 34.1 Å². The zero-order valence-electron chi connectivity index (χ0n) is 10.2. The van der Waals surface area contributed by atoms with Gasteiger partial charge in [-0.1, -0.05) is 0 Å². The summed E-state index contributed by atoms with van der Waals surface area (Å²) in [6.07, 6.45) is 0. The van der Waals surface area contributed by atoms with Crippen molar-refractivity contribution < 1.29 is 18.9 Å². The van der Waals surface area contributed by atoms with Crippen LogP contribution in [-0.4, -0.2) is 35.9 Å². The van der Waals surface area contributed by atoms with Gasteiger partial charge in [0.25, 0.3) is 5.69 Å². The summed E-state index contributed by atoms with van der Waals surface area (Å²) in [6.45, 7) is 0.0388. The number of rotatable bonds is 3. The molecular formula is C11H11FN4O4.